The highest BCUT2D eigenvalue weighted by Gasteiger charge is 2.04. The Hall–Kier alpha value is -1.63. The first kappa shape index (κ1) is 15.4. The Morgan fingerprint density at radius 3 is 2.53 bits per heavy atom. The summed E-state index contributed by atoms with van der Waals surface area (Å²) in [6.07, 6.45) is 14.8. The second kappa shape index (κ2) is 9.59. The van der Waals surface area contributed by atoms with E-state index in [-0.39, 0.29) is 0 Å². The predicted molar refractivity (Wildman–Crippen MR) is 79.4 cm³/mol. The van der Waals surface area contributed by atoms with Gasteiger partial charge < -0.3 is 0 Å². The number of allylic oxidation sites excluding steroid dienone is 8. The van der Waals surface area contributed by atoms with Crippen LogP contribution in [0.25, 0.3) is 0 Å². The third-order valence-electron chi connectivity index (χ3n) is 2.13. The molecule has 0 aliphatic heterocycles. The van der Waals surface area contributed by atoms with E-state index in [0.717, 1.165) is 12.1 Å². The van der Waals surface area contributed by atoms with Crippen LogP contribution in [0.3, 0.4) is 0 Å². The average Bonchev–Trinajstić information content (AvgIpc) is 2.56. The highest BCUT2D eigenvalue weighted by molar-refractivity contribution is 5.58. The van der Waals surface area contributed by atoms with E-state index in [1.54, 1.807) is 6.08 Å². The molecule has 0 fully saturated rings. The molecule has 0 heterocycles. The maximum atomic E-state index is 4.35. The fourth-order valence-corrected chi connectivity index (χ4v) is 1.47. The van der Waals surface area contributed by atoms with Gasteiger partial charge in [0.15, 0.2) is 0 Å². The lowest BCUT2D eigenvalue weighted by Gasteiger charge is -2.06. The van der Waals surface area contributed by atoms with E-state index >= 15 is 0 Å². The summed E-state index contributed by atoms with van der Waals surface area (Å²) < 4.78 is 0. The van der Waals surface area contributed by atoms with Gasteiger partial charge in [-0.3, -0.25) is 4.99 Å². The molecule has 0 aromatic carbocycles. The molecule has 0 bridgehead atoms. The number of aliphatic imine (C=N–C) groups is 1. The van der Waals surface area contributed by atoms with Crippen molar-refractivity contribution in [1.29, 1.82) is 0 Å². The van der Waals surface area contributed by atoms with Crippen molar-refractivity contribution < 1.29 is 0 Å². The Labute approximate surface area is 106 Å². The van der Waals surface area contributed by atoms with Gasteiger partial charge in [0.2, 0.25) is 0 Å². The largest absolute Gasteiger partial charge is 0.261 e. The normalized spacial score (nSPS) is 15.6. The Kier molecular flexibility index (Phi) is 8.67. The van der Waals surface area contributed by atoms with Crippen molar-refractivity contribution in [2.24, 2.45) is 4.99 Å². The van der Waals surface area contributed by atoms with Gasteiger partial charge in [-0.05, 0) is 31.9 Å². The number of nitrogens with zero attached hydrogens (tertiary/aromatic N) is 1. The molecule has 0 radical (unpaired) electrons. The molecule has 0 atom stereocenters. The highest BCUT2D eigenvalue weighted by Crippen LogP contribution is 2.22. The molecule has 17 heavy (non-hydrogen) atoms. The molecule has 0 aromatic rings. The lowest BCUT2D eigenvalue weighted by molar-refractivity contribution is 1.10. The molecule has 0 unspecified atom stereocenters. The first-order valence-corrected chi connectivity index (χ1v) is 6.12. The van der Waals surface area contributed by atoms with Crippen LogP contribution in [-0.2, 0) is 0 Å². The number of hydrogen-bond acceptors (Lipinski definition) is 1. The molecule has 92 valence electrons. The minimum atomic E-state index is 0.948. The van der Waals surface area contributed by atoms with E-state index in [1.807, 2.05) is 39.1 Å². The van der Waals surface area contributed by atoms with E-state index < -0.39 is 0 Å². The Morgan fingerprint density at radius 1 is 1.29 bits per heavy atom. The molecule has 1 aliphatic carbocycles. The molecule has 0 saturated carbocycles. The van der Waals surface area contributed by atoms with Crippen molar-refractivity contribution in [1.82, 2.24) is 0 Å². The summed E-state index contributed by atoms with van der Waals surface area (Å²) in [6.45, 7) is 11.8. The van der Waals surface area contributed by atoms with Gasteiger partial charge >= 0.3 is 0 Å². The van der Waals surface area contributed by atoms with Crippen LogP contribution in [0.2, 0.25) is 0 Å². The summed E-state index contributed by atoms with van der Waals surface area (Å²) >= 11 is 0. The standard InChI is InChI=1S/C14H17N.C2H6/c1-4-8-14(15-5-2)13-10-7-6-9-12(3)11-13;1-2/h4-10H,1,11H2,2-3H3;1-2H3/b14-8-,15-5?;. The molecule has 1 heteroatoms. The van der Waals surface area contributed by atoms with Crippen LogP contribution in [0.4, 0.5) is 0 Å². The predicted octanol–water partition coefficient (Wildman–Crippen LogP) is 5.01. The second-order valence-corrected chi connectivity index (χ2v) is 3.44. The minimum absolute atomic E-state index is 0.948. The van der Waals surface area contributed by atoms with Crippen LogP contribution in [-0.4, -0.2) is 6.21 Å². The molecule has 0 N–H and O–H groups in total. The molecule has 0 saturated heterocycles. The fraction of sp³-hybridized carbons (Fsp3) is 0.312. The van der Waals surface area contributed by atoms with Crippen LogP contribution in [0.5, 0.6) is 0 Å². The van der Waals surface area contributed by atoms with Crippen LogP contribution < -0.4 is 0 Å². The maximum absolute atomic E-state index is 4.35. The summed E-state index contributed by atoms with van der Waals surface area (Å²) in [7, 11) is 0. The highest BCUT2D eigenvalue weighted by atomic mass is 14.7. The van der Waals surface area contributed by atoms with Gasteiger partial charge in [0, 0.05) is 6.21 Å². The van der Waals surface area contributed by atoms with Crippen LogP contribution in [0.1, 0.15) is 34.1 Å². The Bertz CT molecular complexity index is 376. The van der Waals surface area contributed by atoms with E-state index in [0.29, 0.717) is 0 Å². The molecule has 1 rings (SSSR count). The molecular formula is C16H23N. The smallest absolute Gasteiger partial charge is 0.0660 e. The van der Waals surface area contributed by atoms with Crippen molar-refractivity contribution >= 4 is 6.21 Å². The average molecular weight is 229 g/mol. The summed E-state index contributed by atoms with van der Waals surface area (Å²) in [4.78, 5) is 4.35. The quantitative estimate of drug-likeness (QED) is 0.476. The van der Waals surface area contributed by atoms with E-state index in [1.165, 1.54) is 11.1 Å². The summed E-state index contributed by atoms with van der Waals surface area (Å²) in [5.41, 5.74) is 3.57. The van der Waals surface area contributed by atoms with Gasteiger partial charge in [0.1, 0.15) is 0 Å². The molecule has 1 aliphatic rings. The SMILES string of the molecule is C=C/C=C(\N=CC)C1=CC=CC=C(C)C1.CC. The lowest BCUT2D eigenvalue weighted by Crippen LogP contribution is -1.88. The second-order valence-electron chi connectivity index (χ2n) is 3.44. The van der Waals surface area contributed by atoms with Crippen molar-refractivity contribution in [3.8, 4) is 0 Å². The van der Waals surface area contributed by atoms with Crippen molar-refractivity contribution in [3.63, 3.8) is 0 Å². The van der Waals surface area contributed by atoms with Crippen LogP contribution in [0, 0.1) is 0 Å². The van der Waals surface area contributed by atoms with E-state index in [2.05, 4.69) is 36.7 Å². The summed E-state index contributed by atoms with van der Waals surface area (Å²) in [5.74, 6) is 0. The van der Waals surface area contributed by atoms with Gasteiger partial charge in [0.25, 0.3) is 0 Å². The zero-order valence-corrected chi connectivity index (χ0v) is 11.4. The number of hydrogen-bond donors (Lipinski definition) is 0. The zero-order chi connectivity index (χ0) is 13.1. The fourth-order valence-electron chi connectivity index (χ4n) is 1.47. The third kappa shape index (κ3) is 5.86. The Morgan fingerprint density at radius 2 is 1.94 bits per heavy atom. The molecule has 1 nitrogen and oxygen atoms in total. The monoisotopic (exact) mass is 229 g/mol. The van der Waals surface area contributed by atoms with Gasteiger partial charge in [-0.25, -0.2) is 0 Å². The Balaban J connectivity index is 0.00000121. The van der Waals surface area contributed by atoms with Crippen LogP contribution >= 0.6 is 0 Å². The first-order valence-electron chi connectivity index (χ1n) is 6.12. The molecule has 0 amide bonds. The molecule has 0 spiro atoms. The van der Waals surface area contributed by atoms with Crippen molar-refractivity contribution in [3.05, 3.63) is 59.9 Å². The van der Waals surface area contributed by atoms with Crippen molar-refractivity contribution in [2.75, 3.05) is 0 Å². The zero-order valence-electron chi connectivity index (χ0n) is 11.4. The molecule has 0 aromatic heterocycles. The summed E-state index contributed by atoms with van der Waals surface area (Å²) in [5, 5.41) is 0. The third-order valence-corrected chi connectivity index (χ3v) is 2.13. The van der Waals surface area contributed by atoms with E-state index in [9.17, 15) is 0 Å². The van der Waals surface area contributed by atoms with Gasteiger partial charge in [0.05, 0.1) is 5.70 Å². The van der Waals surface area contributed by atoms with Gasteiger partial charge in [-0.2, -0.15) is 0 Å². The van der Waals surface area contributed by atoms with Crippen molar-refractivity contribution in [2.45, 2.75) is 34.1 Å². The minimum Gasteiger partial charge on any atom is -0.261 e. The van der Waals surface area contributed by atoms with Gasteiger partial charge in [-0.15, -0.1) is 0 Å². The number of rotatable bonds is 3. The van der Waals surface area contributed by atoms with Gasteiger partial charge in [-0.1, -0.05) is 56.4 Å². The van der Waals surface area contributed by atoms with Crippen LogP contribution in [0.15, 0.2) is 64.9 Å². The topological polar surface area (TPSA) is 12.4 Å². The molecular weight excluding hydrogens is 206 g/mol. The maximum Gasteiger partial charge on any atom is 0.0660 e. The summed E-state index contributed by atoms with van der Waals surface area (Å²) in [6, 6.07) is 0. The first-order chi connectivity index (χ1) is 8.27. The lowest BCUT2D eigenvalue weighted by atomic mass is 10.0. The van der Waals surface area contributed by atoms with E-state index in [4.69, 9.17) is 0 Å².